The minimum atomic E-state index is -0.0464. The standard InChI is InChI=1S/C12H12ClN3O/c1-6-3-8-4-9-12(17)14-5-7(2)16(9)11(8)15-10(6)13/h3-4,7H,5H2,1-2H3,(H,14,17)/t7-/m1/s1. The van der Waals surface area contributed by atoms with E-state index < -0.39 is 0 Å². The molecular weight excluding hydrogens is 238 g/mol. The van der Waals surface area contributed by atoms with Crippen LogP contribution in [0.15, 0.2) is 12.1 Å². The van der Waals surface area contributed by atoms with Crippen molar-refractivity contribution in [1.29, 1.82) is 0 Å². The molecule has 1 aliphatic heterocycles. The zero-order valence-electron chi connectivity index (χ0n) is 9.62. The summed E-state index contributed by atoms with van der Waals surface area (Å²) in [5.41, 5.74) is 2.38. The fraction of sp³-hybridized carbons (Fsp3) is 0.333. The molecule has 2 aromatic heterocycles. The summed E-state index contributed by atoms with van der Waals surface area (Å²) in [6.45, 7) is 4.59. The highest BCUT2D eigenvalue weighted by Gasteiger charge is 2.25. The first-order valence-electron chi connectivity index (χ1n) is 5.54. The fourth-order valence-corrected chi connectivity index (χ4v) is 2.41. The number of nitrogens with zero attached hydrogens (tertiary/aromatic N) is 2. The summed E-state index contributed by atoms with van der Waals surface area (Å²) >= 11 is 6.05. The minimum absolute atomic E-state index is 0.0464. The first-order chi connectivity index (χ1) is 8.08. The number of halogens is 1. The van der Waals surface area contributed by atoms with Gasteiger partial charge in [0, 0.05) is 11.9 Å². The van der Waals surface area contributed by atoms with Gasteiger partial charge in [0.2, 0.25) is 0 Å². The van der Waals surface area contributed by atoms with Crippen LogP contribution in [0, 0.1) is 6.92 Å². The van der Waals surface area contributed by atoms with Crippen molar-refractivity contribution in [3.63, 3.8) is 0 Å². The van der Waals surface area contributed by atoms with Crippen molar-refractivity contribution in [2.75, 3.05) is 6.54 Å². The lowest BCUT2D eigenvalue weighted by Crippen LogP contribution is -2.37. The third kappa shape index (κ3) is 1.44. The molecular formula is C12H12ClN3O. The summed E-state index contributed by atoms with van der Waals surface area (Å²) in [5, 5.41) is 4.32. The Morgan fingerprint density at radius 3 is 3.06 bits per heavy atom. The Balaban J connectivity index is 2.38. The second kappa shape index (κ2) is 3.47. The minimum Gasteiger partial charge on any atom is -0.349 e. The van der Waals surface area contributed by atoms with Crippen molar-refractivity contribution in [2.24, 2.45) is 0 Å². The third-order valence-electron chi connectivity index (χ3n) is 3.17. The fourth-order valence-electron chi connectivity index (χ4n) is 2.28. The number of aryl methyl sites for hydroxylation is 1. The van der Waals surface area contributed by atoms with Crippen LogP contribution in [0.1, 0.15) is 29.0 Å². The molecule has 1 aliphatic rings. The molecule has 0 spiro atoms. The summed E-state index contributed by atoms with van der Waals surface area (Å²) in [5.74, 6) is -0.0464. The average Bonchev–Trinajstić information content (AvgIpc) is 2.64. The third-order valence-corrected chi connectivity index (χ3v) is 3.55. The van der Waals surface area contributed by atoms with Gasteiger partial charge in [-0.3, -0.25) is 4.79 Å². The molecule has 88 valence electrons. The molecule has 17 heavy (non-hydrogen) atoms. The highest BCUT2D eigenvalue weighted by Crippen LogP contribution is 2.28. The summed E-state index contributed by atoms with van der Waals surface area (Å²) < 4.78 is 1.96. The maximum atomic E-state index is 11.8. The predicted octanol–water partition coefficient (Wildman–Crippen LogP) is 2.30. The Bertz CT molecular complexity index is 632. The zero-order chi connectivity index (χ0) is 12.2. The molecule has 4 nitrogen and oxygen atoms in total. The van der Waals surface area contributed by atoms with Crippen LogP contribution in [0.4, 0.5) is 0 Å². The Morgan fingerprint density at radius 2 is 2.29 bits per heavy atom. The lowest BCUT2D eigenvalue weighted by molar-refractivity contribution is 0.0919. The number of fused-ring (bicyclic) bond motifs is 3. The van der Waals surface area contributed by atoms with E-state index in [1.165, 1.54) is 0 Å². The number of amides is 1. The Labute approximate surface area is 104 Å². The van der Waals surface area contributed by atoms with Crippen molar-refractivity contribution in [3.8, 4) is 0 Å². The van der Waals surface area contributed by atoms with E-state index in [-0.39, 0.29) is 11.9 Å². The number of hydrogen-bond acceptors (Lipinski definition) is 2. The first kappa shape index (κ1) is 10.6. The number of pyridine rings is 1. The van der Waals surface area contributed by atoms with E-state index in [2.05, 4.69) is 17.2 Å². The highest BCUT2D eigenvalue weighted by atomic mass is 35.5. The number of hydrogen-bond donors (Lipinski definition) is 1. The van der Waals surface area contributed by atoms with Crippen LogP contribution in [0.2, 0.25) is 5.15 Å². The predicted molar refractivity (Wildman–Crippen MR) is 66.5 cm³/mol. The van der Waals surface area contributed by atoms with Gasteiger partial charge < -0.3 is 9.88 Å². The van der Waals surface area contributed by atoms with E-state index in [4.69, 9.17) is 11.6 Å². The lowest BCUT2D eigenvalue weighted by Gasteiger charge is -2.23. The van der Waals surface area contributed by atoms with Gasteiger partial charge in [-0.2, -0.15) is 0 Å². The van der Waals surface area contributed by atoms with Crippen molar-refractivity contribution < 1.29 is 4.79 Å². The van der Waals surface area contributed by atoms with Gasteiger partial charge in [-0.25, -0.2) is 4.98 Å². The molecule has 0 bridgehead atoms. The van der Waals surface area contributed by atoms with Crippen molar-refractivity contribution >= 4 is 28.5 Å². The molecule has 5 heteroatoms. The average molecular weight is 250 g/mol. The van der Waals surface area contributed by atoms with Crippen LogP contribution in [0.5, 0.6) is 0 Å². The molecule has 1 N–H and O–H groups in total. The quantitative estimate of drug-likeness (QED) is 0.729. The summed E-state index contributed by atoms with van der Waals surface area (Å²) in [4.78, 5) is 16.2. The van der Waals surface area contributed by atoms with Gasteiger partial charge in [0.1, 0.15) is 16.5 Å². The maximum Gasteiger partial charge on any atom is 0.268 e. The highest BCUT2D eigenvalue weighted by molar-refractivity contribution is 6.30. The Kier molecular flexibility index (Phi) is 2.16. The summed E-state index contributed by atoms with van der Waals surface area (Å²) in [6, 6.07) is 4.04. The number of rotatable bonds is 0. The second-order valence-electron chi connectivity index (χ2n) is 4.47. The van der Waals surface area contributed by atoms with Gasteiger partial charge in [-0.05, 0) is 31.5 Å². The topological polar surface area (TPSA) is 46.9 Å². The SMILES string of the molecule is Cc1cc2cc3n(c2nc1Cl)[C@H](C)CNC3=O. The van der Waals surface area contributed by atoms with Gasteiger partial charge in [-0.15, -0.1) is 0 Å². The van der Waals surface area contributed by atoms with Crippen molar-refractivity contribution in [2.45, 2.75) is 19.9 Å². The molecule has 1 atom stereocenters. The van der Waals surface area contributed by atoms with Gasteiger partial charge in [-0.1, -0.05) is 11.6 Å². The van der Waals surface area contributed by atoms with Crippen molar-refractivity contribution in [3.05, 3.63) is 28.5 Å². The van der Waals surface area contributed by atoms with E-state index in [1.54, 1.807) is 0 Å². The summed E-state index contributed by atoms with van der Waals surface area (Å²) in [7, 11) is 0. The van der Waals surface area contributed by atoms with E-state index in [9.17, 15) is 4.79 Å². The van der Waals surface area contributed by atoms with Crippen LogP contribution in [-0.2, 0) is 0 Å². The molecule has 0 fully saturated rings. The number of nitrogens with one attached hydrogen (secondary N) is 1. The zero-order valence-corrected chi connectivity index (χ0v) is 10.4. The van der Waals surface area contributed by atoms with Gasteiger partial charge >= 0.3 is 0 Å². The second-order valence-corrected chi connectivity index (χ2v) is 4.83. The van der Waals surface area contributed by atoms with E-state index in [1.807, 2.05) is 23.6 Å². The van der Waals surface area contributed by atoms with Gasteiger partial charge in [0.25, 0.3) is 5.91 Å². The monoisotopic (exact) mass is 249 g/mol. The van der Waals surface area contributed by atoms with Crippen LogP contribution in [0.25, 0.3) is 11.0 Å². The number of carbonyl (C=O) groups excluding carboxylic acids is 1. The molecule has 0 unspecified atom stereocenters. The van der Waals surface area contributed by atoms with Crippen LogP contribution in [0.3, 0.4) is 0 Å². The van der Waals surface area contributed by atoms with Crippen LogP contribution >= 0.6 is 11.6 Å². The van der Waals surface area contributed by atoms with Gasteiger partial charge in [0.05, 0.1) is 6.04 Å². The molecule has 0 radical (unpaired) electrons. The largest absolute Gasteiger partial charge is 0.349 e. The molecule has 0 aromatic carbocycles. The molecule has 1 amide bonds. The molecule has 3 heterocycles. The molecule has 0 saturated carbocycles. The number of carbonyl (C=O) groups is 1. The smallest absolute Gasteiger partial charge is 0.268 e. The molecule has 0 saturated heterocycles. The molecule has 3 rings (SSSR count). The van der Waals surface area contributed by atoms with E-state index >= 15 is 0 Å². The Morgan fingerprint density at radius 1 is 1.53 bits per heavy atom. The normalized spacial score (nSPS) is 19.2. The van der Waals surface area contributed by atoms with Crippen LogP contribution < -0.4 is 5.32 Å². The lowest BCUT2D eigenvalue weighted by atomic mass is 10.2. The van der Waals surface area contributed by atoms with Crippen LogP contribution in [-0.4, -0.2) is 22.0 Å². The first-order valence-corrected chi connectivity index (χ1v) is 5.92. The number of aromatic nitrogens is 2. The maximum absolute atomic E-state index is 11.8. The Hall–Kier alpha value is -1.55. The molecule has 2 aromatic rings. The van der Waals surface area contributed by atoms with Crippen molar-refractivity contribution in [1.82, 2.24) is 14.9 Å². The molecule has 0 aliphatic carbocycles. The van der Waals surface area contributed by atoms with E-state index in [0.29, 0.717) is 17.4 Å². The van der Waals surface area contributed by atoms with Gasteiger partial charge in [0.15, 0.2) is 0 Å². The summed E-state index contributed by atoms with van der Waals surface area (Å²) in [6.07, 6.45) is 0. The van der Waals surface area contributed by atoms with E-state index in [0.717, 1.165) is 16.6 Å².